The second kappa shape index (κ2) is 8.85. The fraction of sp³-hybridized carbons (Fsp3) is 0.304. The first kappa shape index (κ1) is 19.8. The minimum absolute atomic E-state index is 0.0687. The largest absolute Gasteiger partial charge is 0.350 e. The molecule has 1 amide bonds. The smallest absolute Gasteiger partial charge is 0.251 e. The molecule has 0 saturated carbocycles. The van der Waals surface area contributed by atoms with Crippen molar-refractivity contribution in [1.29, 1.82) is 0 Å². The molecule has 0 aliphatic carbocycles. The highest BCUT2D eigenvalue weighted by Gasteiger charge is 2.16. The summed E-state index contributed by atoms with van der Waals surface area (Å²) in [6, 6.07) is 18.2. The summed E-state index contributed by atoms with van der Waals surface area (Å²) in [7, 11) is 4.07. The van der Waals surface area contributed by atoms with Gasteiger partial charge < -0.3 is 10.2 Å². The zero-order valence-electron chi connectivity index (χ0n) is 17.0. The number of amides is 1. The molecule has 0 saturated heterocycles. The summed E-state index contributed by atoms with van der Waals surface area (Å²) >= 11 is 0. The van der Waals surface area contributed by atoms with E-state index in [-0.39, 0.29) is 11.9 Å². The van der Waals surface area contributed by atoms with E-state index in [0.717, 1.165) is 17.8 Å². The summed E-state index contributed by atoms with van der Waals surface area (Å²) in [5.41, 5.74) is 5.17. The highest BCUT2D eigenvalue weighted by Crippen LogP contribution is 2.19. The molecule has 1 N–H and O–H groups in total. The van der Waals surface area contributed by atoms with Gasteiger partial charge >= 0.3 is 0 Å². The maximum atomic E-state index is 12.6. The number of hydrogen-bond acceptors (Lipinski definition) is 3. The number of benzene rings is 2. The Kier molecular flexibility index (Phi) is 6.26. The van der Waals surface area contributed by atoms with Crippen molar-refractivity contribution in [3.63, 3.8) is 0 Å². The molecule has 1 heterocycles. The van der Waals surface area contributed by atoms with Gasteiger partial charge in [-0.2, -0.15) is 5.10 Å². The topological polar surface area (TPSA) is 50.2 Å². The van der Waals surface area contributed by atoms with Crippen LogP contribution < -0.4 is 5.32 Å². The Morgan fingerprint density at radius 1 is 1.07 bits per heavy atom. The molecule has 1 atom stereocenters. The fourth-order valence-electron chi connectivity index (χ4n) is 3.26. The molecule has 3 aromatic rings. The first-order valence-electron chi connectivity index (χ1n) is 9.64. The Hall–Kier alpha value is -2.92. The monoisotopic (exact) mass is 376 g/mol. The number of nitrogens with one attached hydrogen (secondary N) is 1. The van der Waals surface area contributed by atoms with Crippen LogP contribution in [0.5, 0.6) is 0 Å². The molecule has 3 rings (SSSR count). The predicted octanol–water partition coefficient (Wildman–Crippen LogP) is 3.78. The minimum Gasteiger partial charge on any atom is -0.350 e. The Balaban J connectivity index is 1.66. The summed E-state index contributed by atoms with van der Waals surface area (Å²) in [5, 5.41) is 7.37. The van der Waals surface area contributed by atoms with Crippen LogP contribution in [0.4, 0.5) is 0 Å². The van der Waals surface area contributed by atoms with Crippen molar-refractivity contribution in [3.05, 3.63) is 83.2 Å². The summed E-state index contributed by atoms with van der Waals surface area (Å²) in [6.45, 7) is 4.71. The van der Waals surface area contributed by atoms with Crippen molar-refractivity contribution in [3.8, 4) is 5.69 Å². The van der Waals surface area contributed by atoms with Gasteiger partial charge in [-0.15, -0.1) is 0 Å². The van der Waals surface area contributed by atoms with Gasteiger partial charge in [0.15, 0.2) is 0 Å². The second-order valence-corrected chi connectivity index (χ2v) is 7.22. The van der Waals surface area contributed by atoms with Crippen LogP contribution in [0.25, 0.3) is 5.69 Å². The molecule has 1 unspecified atom stereocenters. The van der Waals surface area contributed by atoms with Gasteiger partial charge in [0.25, 0.3) is 5.91 Å². The Bertz CT molecular complexity index is 911. The van der Waals surface area contributed by atoms with Gasteiger partial charge in [-0.25, -0.2) is 4.68 Å². The molecule has 5 nitrogen and oxygen atoms in total. The first-order valence-corrected chi connectivity index (χ1v) is 9.64. The molecular formula is C23H28N4O. The van der Waals surface area contributed by atoms with E-state index < -0.39 is 0 Å². The van der Waals surface area contributed by atoms with E-state index in [1.165, 1.54) is 11.1 Å². The van der Waals surface area contributed by atoms with E-state index in [1.54, 1.807) is 6.20 Å². The van der Waals surface area contributed by atoms with Gasteiger partial charge in [0.05, 0.1) is 11.7 Å². The second-order valence-electron chi connectivity index (χ2n) is 7.22. The van der Waals surface area contributed by atoms with Crippen molar-refractivity contribution in [1.82, 2.24) is 20.0 Å². The highest BCUT2D eigenvalue weighted by molar-refractivity contribution is 5.94. The summed E-state index contributed by atoms with van der Waals surface area (Å²) < 4.78 is 1.85. The van der Waals surface area contributed by atoms with Crippen molar-refractivity contribution >= 4 is 5.91 Å². The number of carbonyl (C=O) groups excluding carboxylic acids is 1. The molecule has 5 heteroatoms. The van der Waals surface area contributed by atoms with E-state index in [1.807, 2.05) is 56.0 Å². The summed E-state index contributed by atoms with van der Waals surface area (Å²) in [4.78, 5) is 14.7. The van der Waals surface area contributed by atoms with Crippen LogP contribution in [-0.4, -0.2) is 41.2 Å². The molecule has 0 bridgehead atoms. The van der Waals surface area contributed by atoms with Gasteiger partial charge in [-0.1, -0.05) is 31.2 Å². The predicted molar refractivity (Wildman–Crippen MR) is 113 cm³/mol. The number of hydrogen-bond donors (Lipinski definition) is 1. The van der Waals surface area contributed by atoms with Gasteiger partial charge in [-0.05, 0) is 68.9 Å². The number of aryl methyl sites for hydroxylation is 2. The fourth-order valence-corrected chi connectivity index (χ4v) is 3.26. The van der Waals surface area contributed by atoms with E-state index in [4.69, 9.17) is 0 Å². The third kappa shape index (κ3) is 4.49. The molecule has 1 aromatic heterocycles. The molecule has 0 fully saturated rings. The van der Waals surface area contributed by atoms with Crippen LogP contribution >= 0.6 is 0 Å². The Morgan fingerprint density at radius 3 is 2.29 bits per heavy atom. The van der Waals surface area contributed by atoms with Crippen molar-refractivity contribution in [2.24, 2.45) is 0 Å². The van der Waals surface area contributed by atoms with E-state index in [2.05, 4.69) is 46.5 Å². The number of likely N-dealkylation sites (N-methyl/N-ethyl adjacent to an activating group) is 1. The average Bonchev–Trinajstić information content (AvgIpc) is 3.14. The first-order chi connectivity index (χ1) is 13.5. The van der Waals surface area contributed by atoms with Crippen LogP contribution in [0.3, 0.4) is 0 Å². The number of nitrogens with zero attached hydrogens (tertiary/aromatic N) is 3. The SMILES string of the molecule is CCc1ccc(C(CNC(=O)c2ccc(-n3nccc3C)cc2)N(C)C)cc1. The minimum atomic E-state index is -0.0687. The van der Waals surface area contributed by atoms with Gasteiger partial charge in [0, 0.05) is 24.0 Å². The van der Waals surface area contributed by atoms with Crippen molar-refractivity contribution in [2.45, 2.75) is 26.3 Å². The lowest BCUT2D eigenvalue weighted by molar-refractivity contribution is 0.0942. The zero-order chi connectivity index (χ0) is 20.1. The molecular weight excluding hydrogens is 348 g/mol. The molecule has 0 aliphatic heterocycles. The normalized spacial score (nSPS) is 12.2. The van der Waals surface area contributed by atoms with Crippen LogP contribution in [0.2, 0.25) is 0 Å². The number of carbonyl (C=O) groups is 1. The molecule has 0 aliphatic rings. The third-order valence-electron chi connectivity index (χ3n) is 5.06. The molecule has 28 heavy (non-hydrogen) atoms. The van der Waals surface area contributed by atoms with E-state index >= 15 is 0 Å². The Labute approximate surface area is 167 Å². The lowest BCUT2D eigenvalue weighted by atomic mass is 10.0. The lowest BCUT2D eigenvalue weighted by Crippen LogP contribution is -2.34. The van der Waals surface area contributed by atoms with E-state index in [0.29, 0.717) is 12.1 Å². The molecule has 2 aromatic carbocycles. The lowest BCUT2D eigenvalue weighted by Gasteiger charge is -2.25. The Morgan fingerprint density at radius 2 is 1.75 bits per heavy atom. The van der Waals surface area contributed by atoms with Crippen LogP contribution in [-0.2, 0) is 6.42 Å². The van der Waals surface area contributed by atoms with Gasteiger partial charge in [0.2, 0.25) is 0 Å². The maximum absolute atomic E-state index is 12.6. The quantitative estimate of drug-likeness (QED) is 0.683. The molecule has 0 spiro atoms. The molecule has 146 valence electrons. The van der Waals surface area contributed by atoms with Crippen LogP contribution in [0, 0.1) is 6.92 Å². The summed E-state index contributed by atoms with van der Waals surface area (Å²) in [5.74, 6) is -0.0687. The summed E-state index contributed by atoms with van der Waals surface area (Å²) in [6.07, 6.45) is 2.79. The zero-order valence-corrected chi connectivity index (χ0v) is 17.0. The van der Waals surface area contributed by atoms with Crippen LogP contribution in [0.1, 0.15) is 40.1 Å². The van der Waals surface area contributed by atoms with Crippen LogP contribution in [0.15, 0.2) is 60.8 Å². The third-order valence-corrected chi connectivity index (χ3v) is 5.06. The van der Waals surface area contributed by atoms with E-state index in [9.17, 15) is 4.79 Å². The standard InChI is InChI=1S/C23H28N4O/c1-5-18-6-8-19(9-7-18)22(26(3)4)16-24-23(28)20-10-12-21(13-11-20)27-17(2)14-15-25-27/h6-15,22H,5,16H2,1-4H3,(H,24,28). The number of rotatable bonds is 7. The van der Waals surface area contributed by atoms with Gasteiger partial charge in [-0.3, -0.25) is 4.79 Å². The number of aromatic nitrogens is 2. The van der Waals surface area contributed by atoms with Crippen molar-refractivity contribution in [2.75, 3.05) is 20.6 Å². The highest BCUT2D eigenvalue weighted by atomic mass is 16.1. The maximum Gasteiger partial charge on any atom is 0.251 e. The molecule has 0 radical (unpaired) electrons. The van der Waals surface area contributed by atoms with Gasteiger partial charge in [0.1, 0.15) is 0 Å². The average molecular weight is 377 g/mol. The van der Waals surface area contributed by atoms with Crippen molar-refractivity contribution < 1.29 is 4.79 Å².